The molecule has 0 saturated carbocycles. The zero-order valence-electron chi connectivity index (χ0n) is 10.4. The first-order chi connectivity index (χ1) is 9.13. The molecule has 1 aliphatic rings. The number of aromatic nitrogens is 1. The van der Waals surface area contributed by atoms with Gasteiger partial charge in [-0.3, -0.25) is 14.5 Å². The lowest BCUT2D eigenvalue weighted by Gasteiger charge is -2.07. The molecule has 2 heterocycles. The molecule has 2 aromatic rings. The van der Waals surface area contributed by atoms with Crippen LogP contribution in [0, 0.1) is 6.92 Å². The molecule has 0 atom stereocenters. The highest BCUT2D eigenvalue weighted by atomic mass is 16.5. The number of anilines is 1. The van der Waals surface area contributed by atoms with Crippen LogP contribution in [0.4, 0.5) is 5.88 Å². The van der Waals surface area contributed by atoms with Crippen LogP contribution >= 0.6 is 0 Å². The van der Waals surface area contributed by atoms with E-state index >= 15 is 0 Å². The molecule has 0 spiro atoms. The topological polar surface area (TPSA) is 63.4 Å². The van der Waals surface area contributed by atoms with E-state index in [0.717, 1.165) is 11.1 Å². The number of aryl methyl sites for hydroxylation is 1. The predicted octanol–water partition coefficient (Wildman–Crippen LogP) is 1.96. The Bertz CT molecular complexity index is 643. The fourth-order valence-corrected chi connectivity index (χ4v) is 2.04. The number of rotatable bonds is 2. The molecule has 3 rings (SSSR count). The summed E-state index contributed by atoms with van der Waals surface area (Å²) in [5.41, 5.74) is 2.73. The van der Waals surface area contributed by atoms with E-state index in [0.29, 0.717) is 11.6 Å². The Hall–Kier alpha value is -2.43. The number of ketones is 1. The van der Waals surface area contributed by atoms with Crippen molar-refractivity contribution >= 4 is 17.6 Å². The van der Waals surface area contributed by atoms with E-state index in [1.54, 1.807) is 6.07 Å². The molecule has 1 fully saturated rings. The van der Waals surface area contributed by atoms with Gasteiger partial charge in [-0.2, -0.15) is 0 Å². The van der Waals surface area contributed by atoms with E-state index in [-0.39, 0.29) is 24.7 Å². The maximum atomic E-state index is 11.6. The standard InChI is InChI=1S/C14H12N2O3/c1-9-2-4-10(5-3-9)12-7-14(19-15-12)16-8-11(17)6-13(16)18/h2-5,7H,6,8H2,1H3. The molecule has 0 N–H and O–H groups in total. The lowest BCUT2D eigenvalue weighted by molar-refractivity contribution is -0.121. The largest absolute Gasteiger partial charge is 0.338 e. The summed E-state index contributed by atoms with van der Waals surface area (Å²) in [6, 6.07) is 9.52. The van der Waals surface area contributed by atoms with Crippen LogP contribution in [0.15, 0.2) is 34.9 Å². The Kier molecular flexibility index (Phi) is 2.67. The van der Waals surface area contributed by atoms with Crippen LogP contribution in [0.3, 0.4) is 0 Å². The fraction of sp³-hybridized carbons (Fsp3) is 0.214. The van der Waals surface area contributed by atoms with Crippen molar-refractivity contribution in [3.8, 4) is 11.3 Å². The van der Waals surface area contributed by atoms with Crippen LogP contribution in [-0.2, 0) is 9.59 Å². The smallest absolute Gasteiger partial charge is 0.237 e. The van der Waals surface area contributed by atoms with E-state index in [1.165, 1.54) is 4.90 Å². The summed E-state index contributed by atoms with van der Waals surface area (Å²) in [4.78, 5) is 24.1. The van der Waals surface area contributed by atoms with Gasteiger partial charge in [-0.1, -0.05) is 35.0 Å². The fourth-order valence-electron chi connectivity index (χ4n) is 2.04. The average Bonchev–Trinajstić information content (AvgIpc) is 2.97. The van der Waals surface area contributed by atoms with Gasteiger partial charge in [0.1, 0.15) is 5.69 Å². The second-order valence-electron chi connectivity index (χ2n) is 4.61. The van der Waals surface area contributed by atoms with E-state index in [2.05, 4.69) is 5.16 Å². The summed E-state index contributed by atoms with van der Waals surface area (Å²) in [5, 5.41) is 3.94. The van der Waals surface area contributed by atoms with Crippen molar-refractivity contribution in [3.63, 3.8) is 0 Å². The summed E-state index contributed by atoms with van der Waals surface area (Å²) >= 11 is 0. The molecule has 1 aromatic carbocycles. The first-order valence-electron chi connectivity index (χ1n) is 5.99. The highest BCUT2D eigenvalue weighted by Crippen LogP contribution is 2.26. The van der Waals surface area contributed by atoms with Gasteiger partial charge >= 0.3 is 0 Å². The molecule has 1 saturated heterocycles. The van der Waals surface area contributed by atoms with Gasteiger partial charge in [-0.05, 0) is 6.92 Å². The third kappa shape index (κ3) is 2.14. The summed E-state index contributed by atoms with van der Waals surface area (Å²) in [5.74, 6) is -0.0127. The number of benzene rings is 1. The highest BCUT2D eigenvalue weighted by Gasteiger charge is 2.31. The van der Waals surface area contributed by atoms with E-state index < -0.39 is 0 Å². The number of nitrogens with zero attached hydrogens (tertiary/aromatic N) is 2. The van der Waals surface area contributed by atoms with E-state index in [1.807, 2.05) is 31.2 Å². The molecule has 1 aromatic heterocycles. The number of Topliss-reactive ketones (excluding diaryl/α,β-unsaturated/α-hetero) is 1. The average molecular weight is 256 g/mol. The molecule has 0 bridgehead atoms. The molecule has 0 aliphatic carbocycles. The second-order valence-corrected chi connectivity index (χ2v) is 4.61. The maximum Gasteiger partial charge on any atom is 0.237 e. The first kappa shape index (κ1) is 11.6. The van der Waals surface area contributed by atoms with Crippen molar-refractivity contribution in [2.75, 3.05) is 11.4 Å². The van der Waals surface area contributed by atoms with Crippen molar-refractivity contribution in [3.05, 3.63) is 35.9 Å². The van der Waals surface area contributed by atoms with Crippen molar-refractivity contribution in [2.24, 2.45) is 0 Å². The molecule has 96 valence electrons. The molecule has 0 radical (unpaired) electrons. The molecular formula is C14H12N2O3. The normalized spacial score (nSPS) is 15.3. The molecular weight excluding hydrogens is 244 g/mol. The van der Waals surface area contributed by atoms with Crippen LogP contribution in [-0.4, -0.2) is 23.4 Å². The molecule has 1 amide bonds. The van der Waals surface area contributed by atoms with Crippen LogP contribution in [0.2, 0.25) is 0 Å². The minimum Gasteiger partial charge on any atom is -0.338 e. The molecule has 5 heteroatoms. The van der Waals surface area contributed by atoms with Gasteiger partial charge in [-0.25, -0.2) is 0 Å². The summed E-state index contributed by atoms with van der Waals surface area (Å²) in [7, 11) is 0. The number of hydrogen-bond donors (Lipinski definition) is 0. The van der Waals surface area contributed by atoms with Crippen molar-refractivity contribution in [2.45, 2.75) is 13.3 Å². The van der Waals surface area contributed by atoms with Crippen molar-refractivity contribution in [1.82, 2.24) is 5.16 Å². The summed E-state index contributed by atoms with van der Waals surface area (Å²) in [6.45, 7) is 2.08. The van der Waals surface area contributed by atoms with Gasteiger partial charge in [0.25, 0.3) is 0 Å². The van der Waals surface area contributed by atoms with Gasteiger partial charge in [-0.15, -0.1) is 0 Å². The Morgan fingerprint density at radius 3 is 2.58 bits per heavy atom. The lowest BCUT2D eigenvalue weighted by Crippen LogP contribution is -2.23. The Morgan fingerprint density at radius 2 is 1.95 bits per heavy atom. The van der Waals surface area contributed by atoms with Gasteiger partial charge in [0.15, 0.2) is 5.78 Å². The number of carbonyl (C=O) groups excluding carboxylic acids is 2. The Balaban J connectivity index is 1.89. The quantitative estimate of drug-likeness (QED) is 0.770. The zero-order valence-corrected chi connectivity index (χ0v) is 10.4. The first-order valence-corrected chi connectivity index (χ1v) is 5.99. The Labute approximate surface area is 109 Å². The maximum absolute atomic E-state index is 11.6. The lowest BCUT2D eigenvalue weighted by atomic mass is 10.1. The number of amides is 1. The van der Waals surface area contributed by atoms with Crippen LogP contribution in [0.5, 0.6) is 0 Å². The van der Waals surface area contributed by atoms with Gasteiger partial charge in [0, 0.05) is 11.6 Å². The highest BCUT2D eigenvalue weighted by molar-refractivity contribution is 6.14. The van der Waals surface area contributed by atoms with Gasteiger partial charge < -0.3 is 4.52 Å². The number of carbonyl (C=O) groups is 2. The van der Waals surface area contributed by atoms with E-state index in [4.69, 9.17) is 4.52 Å². The molecule has 0 unspecified atom stereocenters. The molecule has 1 aliphatic heterocycles. The monoisotopic (exact) mass is 256 g/mol. The Morgan fingerprint density at radius 1 is 1.21 bits per heavy atom. The minimum atomic E-state index is -0.239. The summed E-state index contributed by atoms with van der Waals surface area (Å²) in [6.07, 6.45) is -0.0550. The van der Waals surface area contributed by atoms with Crippen molar-refractivity contribution < 1.29 is 14.1 Å². The number of hydrogen-bond acceptors (Lipinski definition) is 4. The van der Waals surface area contributed by atoms with Crippen molar-refractivity contribution in [1.29, 1.82) is 0 Å². The third-order valence-electron chi connectivity index (χ3n) is 3.09. The zero-order chi connectivity index (χ0) is 13.4. The summed E-state index contributed by atoms with van der Waals surface area (Å²) < 4.78 is 5.15. The minimum absolute atomic E-state index is 0.0550. The molecule has 19 heavy (non-hydrogen) atoms. The molecule has 5 nitrogen and oxygen atoms in total. The SMILES string of the molecule is Cc1ccc(-c2cc(N3CC(=O)CC3=O)on2)cc1. The predicted molar refractivity (Wildman–Crippen MR) is 68.7 cm³/mol. The second kappa shape index (κ2) is 4.35. The van der Waals surface area contributed by atoms with Gasteiger partial charge in [0.05, 0.1) is 13.0 Å². The van der Waals surface area contributed by atoms with E-state index in [9.17, 15) is 9.59 Å². The third-order valence-corrected chi connectivity index (χ3v) is 3.09. The van der Waals surface area contributed by atoms with Gasteiger partial charge in [0.2, 0.25) is 11.8 Å². The van der Waals surface area contributed by atoms with Crippen LogP contribution < -0.4 is 4.90 Å². The van der Waals surface area contributed by atoms with Crippen LogP contribution in [0.25, 0.3) is 11.3 Å². The van der Waals surface area contributed by atoms with Crippen LogP contribution in [0.1, 0.15) is 12.0 Å².